The van der Waals surface area contributed by atoms with Gasteiger partial charge in [-0.25, -0.2) is 13.6 Å². The van der Waals surface area contributed by atoms with Crippen LogP contribution in [0.2, 0.25) is 0 Å². The fourth-order valence-electron chi connectivity index (χ4n) is 3.44. The quantitative estimate of drug-likeness (QED) is 0.713. The van der Waals surface area contributed by atoms with Gasteiger partial charge in [0.2, 0.25) is 5.91 Å². The Morgan fingerprint density at radius 3 is 2.37 bits per heavy atom. The fraction of sp³-hybridized carbons (Fsp3) is 0.318. The van der Waals surface area contributed by atoms with Gasteiger partial charge in [0.25, 0.3) is 5.91 Å². The zero-order chi connectivity index (χ0) is 22.1. The molecule has 0 aromatic heterocycles. The molecule has 0 saturated carbocycles. The van der Waals surface area contributed by atoms with E-state index in [9.17, 15) is 23.2 Å². The second-order valence-corrected chi connectivity index (χ2v) is 8.09. The molecule has 8 heteroatoms. The van der Waals surface area contributed by atoms with Gasteiger partial charge in [-0.1, -0.05) is 44.2 Å². The number of carbonyl (C=O) groups excluding carboxylic acids is 3. The highest BCUT2D eigenvalue weighted by Crippen LogP contribution is 2.29. The van der Waals surface area contributed by atoms with Gasteiger partial charge >= 0.3 is 6.03 Å². The summed E-state index contributed by atoms with van der Waals surface area (Å²) in [5.74, 6) is -2.00. The lowest BCUT2D eigenvalue weighted by atomic mass is 9.84. The van der Waals surface area contributed by atoms with Gasteiger partial charge in [-0.05, 0) is 36.2 Å². The third kappa shape index (κ3) is 4.03. The fourth-order valence-corrected chi connectivity index (χ4v) is 3.44. The third-order valence-corrected chi connectivity index (χ3v) is 5.33. The van der Waals surface area contributed by atoms with Crippen molar-refractivity contribution in [2.45, 2.75) is 31.7 Å². The Kier molecular flexibility index (Phi) is 5.61. The number of amides is 4. The third-order valence-electron chi connectivity index (χ3n) is 5.33. The molecule has 1 fully saturated rings. The van der Waals surface area contributed by atoms with Crippen LogP contribution in [0.25, 0.3) is 0 Å². The van der Waals surface area contributed by atoms with Crippen molar-refractivity contribution in [3.05, 3.63) is 71.3 Å². The summed E-state index contributed by atoms with van der Waals surface area (Å²) in [5, 5.41) is 5.22. The highest BCUT2D eigenvalue weighted by atomic mass is 19.1. The number of hydrogen-bond acceptors (Lipinski definition) is 3. The molecule has 1 heterocycles. The summed E-state index contributed by atoms with van der Waals surface area (Å²) in [6.07, 6.45) is 0. The number of benzene rings is 2. The average Bonchev–Trinajstić information content (AvgIpc) is 2.91. The van der Waals surface area contributed by atoms with Crippen molar-refractivity contribution in [2.24, 2.45) is 0 Å². The summed E-state index contributed by atoms with van der Waals surface area (Å²) in [5.41, 5.74) is -1.23. The summed E-state index contributed by atoms with van der Waals surface area (Å²) in [6, 6.07) is 10.8. The van der Waals surface area contributed by atoms with E-state index < -0.39 is 41.2 Å². The molecule has 4 amide bonds. The van der Waals surface area contributed by atoms with Gasteiger partial charge < -0.3 is 10.6 Å². The summed E-state index contributed by atoms with van der Waals surface area (Å²) in [7, 11) is 0. The molecule has 158 valence electrons. The van der Waals surface area contributed by atoms with Crippen LogP contribution < -0.4 is 10.6 Å². The molecule has 3 rings (SSSR count). The minimum Gasteiger partial charge on any atom is -0.354 e. The zero-order valence-electron chi connectivity index (χ0n) is 17.0. The first-order chi connectivity index (χ1) is 14.0. The molecule has 2 aromatic rings. The molecule has 0 bridgehead atoms. The lowest BCUT2D eigenvalue weighted by molar-refractivity contribution is -0.134. The number of halogens is 2. The van der Waals surface area contributed by atoms with Crippen LogP contribution in [0.1, 0.15) is 31.9 Å². The Morgan fingerprint density at radius 1 is 1.10 bits per heavy atom. The molecule has 2 aromatic carbocycles. The van der Waals surface area contributed by atoms with E-state index in [0.29, 0.717) is 11.1 Å². The maximum Gasteiger partial charge on any atom is 0.325 e. The van der Waals surface area contributed by atoms with Gasteiger partial charge in [0.05, 0.1) is 0 Å². The van der Waals surface area contributed by atoms with E-state index in [2.05, 4.69) is 10.6 Å². The van der Waals surface area contributed by atoms with E-state index in [4.69, 9.17) is 0 Å². The Balaban J connectivity index is 1.67. The summed E-state index contributed by atoms with van der Waals surface area (Å²) in [6.45, 7) is 4.70. The van der Waals surface area contributed by atoms with Crippen LogP contribution in [-0.4, -0.2) is 35.8 Å². The highest BCUT2D eigenvalue weighted by Gasteiger charge is 2.49. The van der Waals surface area contributed by atoms with Crippen LogP contribution in [0.4, 0.5) is 13.6 Å². The summed E-state index contributed by atoms with van der Waals surface area (Å²) < 4.78 is 27.3. The number of nitrogens with one attached hydrogen (secondary N) is 2. The molecule has 2 N–H and O–H groups in total. The maximum absolute atomic E-state index is 14.1. The molecular formula is C22H23F2N3O3. The van der Waals surface area contributed by atoms with Gasteiger partial charge in [0, 0.05) is 12.0 Å². The summed E-state index contributed by atoms with van der Waals surface area (Å²) >= 11 is 0. The predicted octanol–water partition coefficient (Wildman–Crippen LogP) is 2.83. The van der Waals surface area contributed by atoms with E-state index in [0.717, 1.165) is 4.90 Å². The highest BCUT2D eigenvalue weighted by molar-refractivity contribution is 6.09. The van der Waals surface area contributed by atoms with Crippen molar-refractivity contribution >= 4 is 17.8 Å². The van der Waals surface area contributed by atoms with Gasteiger partial charge in [-0.2, -0.15) is 0 Å². The van der Waals surface area contributed by atoms with Crippen LogP contribution in [0.5, 0.6) is 0 Å². The SMILES string of the molecule is CC(C)(CNC(=O)CN1C(=O)NC(C)(c2ccc(F)cc2)C1=O)c1ccccc1F. The Labute approximate surface area is 173 Å². The van der Waals surface area contributed by atoms with Crippen molar-refractivity contribution in [3.8, 4) is 0 Å². The molecule has 1 aliphatic heterocycles. The number of rotatable bonds is 6. The van der Waals surface area contributed by atoms with E-state index >= 15 is 0 Å². The van der Waals surface area contributed by atoms with E-state index in [1.165, 1.54) is 37.3 Å². The minimum atomic E-state index is -1.39. The van der Waals surface area contributed by atoms with Crippen LogP contribution in [0.3, 0.4) is 0 Å². The molecule has 1 saturated heterocycles. The van der Waals surface area contributed by atoms with Crippen LogP contribution >= 0.6 is 0 Å². The van der Waals surface area contributed by atoms with Gasteiger partial charge in [-0.3, -0.25) is 14.5 Å². The topological polar surface area (TPSA) is 78.5 Å². The Morgan fingerprint density at radius 2 is 1.73 bits per heavy atom. The first-order valence-corrected chi connectivity index (χ1v) is 9.46. The largest absolute Gasteiger partial charge is 0.354 e. The average molecular weight is 415 g/mol. The van der Waals surface area contributed by atoms with Gasteiger partial charge in [-0.15, -0.1) is 0 Å². The molecule has 1 atom stereocenters. The molecule has 0 radical (unpaired) electrons. The van der Waals surface area contributed by atoms with Crippen molar-refractivity contribution < 1.29 is 23.2 Å². The van der Waals surface area contributed by atoms with Crippen LogP contribution in [0.15, 0.2) is 48.5 Å². The normalized spacial score (nSPS) is 19.0. The maximum atomic E-state index is 14.1. The number of urea groups is 1. The molecule has 1 aliphatic rings. The Bertz CT molecular complexity index is 991. The standard InChI is InChI=1S/C22H23F2N3O3/c1-21(2,16-6-4-5-7-17(16)24)13-25-18(28)12-27-19(29)22(3,26-20(27)30)14-8-10-15(23)11-9-14/h4-11H,12-13H2,1-3H3,(H,25,28)(H,26,30). The van der Waals surface area contributed by atoms with Crippen LogP contribution in [0, 0.1) is 11.6 Å². The smallest absolute Gasteiger partial charge is 0.325 e. The van der Waals surface area contributed by atoms with Crippen molar-refractivity contribution in [1.82, 2.24) is 15.5 Å². The molecular weight excluding hydrogens is 392 g/mol. The van der Waals surface area contributed by atoms with E-state index in [1.54, 1.807) is 32.0 Å². The number of hydrogen-bond donors (Lipinski definition) is 2. The van der Waals surface area contributed by atoms with Crippen molar-refractivity contribution in [2.75, 3.05) is 13.1 Å². The molecule has 0 aliphatic carbocycles. The molecule has 0 spiro atoms. The summed E-state index contributed by atoms with van der Waals surface area (Å²) in [4.78, 5) is 38.4. The lowest BCUT2D eigenvalue weighted by Gasteiger charge is -2.26. The molecule has 30 heavy (non-hydrogen) atoms. The van der Waals surface area contributed by atoms with Crippen molar-refractivity contribution in [1.29, 1.82) is 0 Å². The second-order valence-electron chi connectivity index (χ2n) is 8.09. The van der Waals surface area contributed by atoms with Gasteiger partial charge in [0.1, 0.15) is 23.7 Å². The molecule has 6 nitrogen and oxygen atoms in total. The monoisotopic (exact) mass is 415 g/mol. The first kappa shape index (κ1) is 21.4. The number of imide groups is 1. The van der Waals surface area contributed by atoms with Crippen LogP contribution in [-0.2, 0) is 20.5 Å². The van der Waals surface area contributed by atoms with E-state index in [1.807, 2.05) is 0 Å². The minimum absolute atomic E-state index is 0.117. The number of nitrogens with zero attached hydrogens (tertiary/aromatic N) is 1. The van der Waals surface area contributed by atoms with Crippen molar-refractivity contribution in [3.63, 3.8) is 0 Å². The second kappa shape index (κ2) is 7.85. The lowest BCUT2D eigenvalue weighted by Crippen LogP contribution is -2.45. The number of carbonyl (C=O) groups is 3. The molecule has 1 unspecified atom stereocenters. The Hall–Kier alpha value is -3.29. The first-order valence-electron chi connectivity index (χ1n) is 9.46. The van der Waals surface area contributed by atoms with Gasteiger partial charge in [0.15, 0.2) is 0 Å². The van der Waals surface area contributed by atoms with E-state index in [-0.39, 0.29) is 12.4 Å². The predicted molar refractivity (Wildman–Crippen MR) is 106 cm³/mol. The zero-order valence-corrected chi connectivity index (χ0v) is 17.0.